The summed E-state index contributed by atoms with van der Waals surface area (Å²) in [6.45, 7) is 6.17. The van der Waals surface area contributed by atoms with Gasteiger partial charge in [-0.05, 0) is 56.9 Å². The maximum Gasteiger partial charge on any atom is 0.254 e. The number of hydrogen-bond acceptors (Lipinski definition) is 5. The zero-order valence-corrected chi connectivity index (χ0v) is 16.8. The third-order valence-corrected chi connectivity index (χ3v) is 5.41. The van der Waals surface area contributed by atoms with Gasteiger partial charge in [0.25, 0.3) is 5.91 Å². The first kappa shape index (κ1) is 19.3. The number of aromatic nitrogens is 2. The maximum atomic E-state index is 12.9. The quantitative estimate of drug-likeness (QED) is 0.831. The molecule has 1 atom stereocenters. The highest BCUT2D eigenvalue weighted by atomic mass is 16.7. The molecule has 0 radical (unpaired) electrons. The van der Waals surface area contributed by atoms with Gasteiger partial charge in [-0.3, -0.25) is 14.3 Å². The van der Waals surface area contributed by atoms with Gasteiger partial charge in [-0.2, -0.15) is 5.10 Å². The maximum absolute atomic E-state index is 12.9. The van der Waals surface area contributed by atoms with Crippen molar-refractivity contribution in [2.75, 3.05) is 26.4 Å². The Balaban J connectivity index is 1.30. The lowest BCUT2D eigenvalue weighted by Gasteiger charge is -2.33. The SMILES string of the molecule is Cc1cc(C)n(CC(=O)NCC2CCCN(C(=O)c3ccc4c(c3)OCO4)C2)n1. The van der Waals surface area contributed by atoms with Crippen molar-refractivity contribution in [3.05, 3.63) is 41.2 Å². The highest BCUT2D eigenvalue weighted by Crippen LogP contribution is 2.33. The van der Waals surface area contributed by atoms with Crippen molar-refractivity contribution in [2.24, 2.45) is 5.92 Å². The third-order valence-electron chi connectivity index (χ3n) is 5.41. The number of rotatable bonds is 5. The van der Waals surface area contributed by atoms with Crippen LogP contribution in [0.1, 0.15) is 34.6 Å². The van der Waals surface area contributed by atoms with Crippen molar-refractivity contribution >= 4 is 11.8 Å². The Labute approximate surface area is 169 Å². The number of likely N-dealkylation sites (tertiary alicyclic amines) is 1. The minimum atomic E-state index is -0.0598. The summed E-state index contributed by atoms with van der Waals surface area (Å²) in [6.07, 6.45) is 1.92. The van der Waals surface area contributed by atoms with E-state index in [4.69, 9.17) is 9.47 Å². The fourth-order valence-corrected chi connectivity index (χ4v) is 3.91. The second kappa shape index (κ2) is 8.14. The van der Waals surface area contributed by atoms with E-state index in [1.54, 1.807) is 22.9 Å². The summed E-state index contributed by atoms with van der Waals surface area (Å²) < 4.78 is 12.4. The minimum Gasteiger partial charge on any atom is -0.454 e. The van der Waals surface area contributed by atoms with E-state index in [1.807, 2.05) is 24.8 Å². The molecule has 1 N–H and O–H groups in total. The zero-order chi connectivity index (χ0) is 20.4. The van der Waals surface area contributed by atoms with Gasteiger partial charge in [0, 0.05) is 30.9 Å². The molecule has 1 aromatic carbocycles. The molecule has 0 saturated carbocycles. The van der Waals surface area contributed by atoms with Crippen LogP contribution in [-0.4, -0.2) is 52.9 Å². The van der Waals surface area contributed by atoms with E-state index in [0.29, 0.717) is 30.2 Å². The standard InChI is InChI=1S/C21H26N4O4/c1-14-8-15(2)25(23-14)12-20(26)22-10-16-4-3-7-24(11-16)21(27)17-5-6-18-19(9-17)29-13-28-18/h5-6,8-9,16H,3-4,7,10-13H2,1-2H3,(H,22,26). The van der Waals surface area contributed by atoms with Gasteiger partial charge in [0.2, 0.25) is 12.7 Å². The number of amides is 2. The Kier molecular flexibility index (Phi) is 5.42. The first-order valence-electron chi connectivity index (χ1n) is 9.96. The van der Waals surface area contributed by atoms with Crippen LogP contribution >= 0.6 is 0 Å². The zero-order valence-electron chi connectivity index (χ0n) is 16.8. The Hall–Kier alpha value is -3.03. The summed E-state index contributed by atoms with van der Waals surface area (Å²) in [5.41, 5.74) is 2.47. The summed E-state index contributed by atoms with van der Waals surface area (Å²) in [7, 11) is 0. The van der Waals surface area contributed by atoms with Crippen LogP contribution in [0.15, 0.2) is 24.3 Å². The molecule has 29 heavy (non-hydrogen) atoms. The molecule has 8 nitrogen and oxygen atoms in total. The first-order chi connectivity index (χ1) is 14.0. The summed E-state index contributed by atoms with van der Waals surface area (Å²) in [4.78, 5) is 27.0. The highest BCUT2D eigenvalue weighted by Gasteiger charge is 2.26. The van der Waals surface area contributed by atoms with E-state index in [0.717, 1.165) is 30.8 Å². The van der Waals surface area contributed by atoms with E-state index in [2.05, 4.69) is 10.4 Å². The van der Waals surface area contributed by atoms with Crippen molar-refractivity contribution in [3.8, 4) is 11.5 Å². The van der Waals surface area contributed by atoms with Crippen LogP contribution in [0, 0.1) is 19.8 Å². The lowest BCUT2D eigenvalue weighted by molar-refractivity contribution is -0.122. The summed E-state index contributed by atoms with van der Waals surface area (Å²) in [5.74, 6) is 1.45. The van der Waals surface area contributed by atoms with Crippen molar-refractivity contribution < 1.29 is 19.1 Å². The number of piperidine rings is 1. The van der Waals surface area contributed by atoms with Gasteiger partial charge < -0.3 is 19.7 Å². The second-order valence-electron chi connectivity index (χ2n) is 7.72. The van der Waals surface area contributed by atoms with Crippen LogP contribution in [0.25, 0.3) is 0 Å². The molecule has 1 aromatic heterocycles. The van der Waals surface area contributed by atoms with Gasteiger partial charge >= 0.3 is 0 Å². The Morgan fingerprint density at radius 2 is 2.03 bits per heavy atom. The Morgan fingerprint density at radius 1 is 1.21 bits per heavy atom. The molecule has 2 aliphatic rings. The summed E-state index contributed by atoms with van der Waals surface area (Å²) in [5, 5.41) is 7.32. The number of aryl methyl sites for hydroxylation is 2. The number of ether oxygens (including phenoxy) is 2. The molecule has 2 aliphatic heterocycles. The Bertz CT molecular complexity index is 923. The lowest BCUT2D eigenvalue weighted by atomic mass is 9.97. The van der Waals surface area contributed by atoms with Crippen LogP contribution in [0.4, 0.5) is 0 Å². The number of carbonyl (C=O) groups excluding carboxylic acids is 2. The molecule has 4 rings (SSSR count). The molecular weight excluding hydrogens is 372 g/mol. The summed E-state index contributed by atoms with van der Waals surface area (Å²) in [6, 6.07) is 7.24. The Morgan fingerprint density at radius 3 is 2.83 bits per heavy atom. The number of nitrogens with one attached hydrogen (secondary N) is 1. The van der Waals surface area contributed by atoms with Gasteiger partial charge in [0.05, 0.1) is 5.69 Å². The van der Waals surface area contributed by atoms with E-state index < -0.39 is 0 Å². The molecule has 2 amide bonds. The molecule has 0 aliphatic carbocycles. The minimum absolute atomic E-state index is 0.0121. The first-order valence-corrected chi connectivity index (χ1v) is 9.96. The number of nitrogens with zero attached hydrogens (tertiary/aromatic N) is 3. The van der Waals surface area contributed by atoms with E-state index in [1.165, 1.54) is 0 Å². The normalized spacial score (nSPS) is 18.0. The van der Waals surface area contributed by atoms with Gasteiger partial charge in [-0.1, -0.05) is 0 Å². The van der Waals surface area contributed by atoms with Crippen molar-refractivity contribution in [3.63, 3.8) is 0 Å². The van der Waals surface area contributed by atoms with Crippen molar-refractivity contribution in [1.29, 1.82) is 0 Å². The molecule has 8 heteroatoms. The van der Waals surface area contributed by atoms with Crippen LogP contribution in [0.5, 0.6) is 11.5 Å². The molecule has 0 bridgehead atoms. The van der Waals surface area contributed by atoms with Crippen LogP contribution in [0.2, 0.25) is 0 Å². The molecular formula is C21H26N4O4. The average molecular weight is 398 g/mol. The molecule has 1 fully saturated rings. The van der Waals surface area contributed by atoms with Crippen molar-refractivity contribution in [1.82, 2.24) is 20.0 Å². The monoisotopic (exact) mass is 398 g/mol. The van der Waals surface area contributed by atoms with Crippen LogP contribution in [-0.2, 0) is 11.3 Å². The van der Waals surface area contributed by atoms with Crippen molar-refractivity contribution in [2.45, 2.75) is 33.2 Å². The van der Waals surface area contributed by atoms with Crippen LogP contribution < -0.4 is 14.8 Å². The predicted octanol–water partition coefficient (Wildman–Crippen LogP) is 1.90. The molecule has 0 spiro atoms. The van der Waals surface area contributed by atoms with E-state index >= 15 is 0 Å². The lowest BCUT2D eigenvalue weighted by Crippen LogP contribution is -2.44. The van der Waals surface area contributed by atoms with Gasteiger partial charge in [-0.25, -0.2) is 0 Å². The number of benzene rings is 1. The fraction of sp³-hybridized carbons (Fsp3) is 0.476. The average Bonchev–Trinajstić information content (AvgIpc) is 3.31. The van der Waals surface area contributed by atoms with E-state index in [-0.39, 0.29) is 31.1 Å². The fourth-order valence-electron chi connectivity index (χ4n) is 3.91. The molecule has 2 aromatic rings. The van der Waals surface area contributed by atoms with Gasteiger partial charge in [0.1, 0.15) is 6.54 Å². The largest absolute Gasteiger partial charge is 0.454 e. The molecule has 154 valence electrons. The van der Waals surface area contributed by atoms with Gasteiger partial charge in [0.15, 0.2) is 11.5 Å². The molecule has 1 unspecified atom stereocenters. The molecule has 3 heterocycles. The number of fused-ring (bicyclic) bond motifs is 1. The topological polar surface area (TPSA) is 85.7 Å². The van der Waals surface area contributed by atoms with E-state index in [9.17, 15) is 9.59 Å². The highest BCUT2D eigenvalue weighted by molar-refractivity contribution is 5.95. The number of hydrogen-bond donors (Lipinski definition) is 1. The summed E-state index contributed by atoms with van der Waals surface area (Å²) >= 11 is 0. The predicted molar refractivity (Wildman–Crippen MR) is 106 cm³/mol. The van der Waals surface area contributed by atoms with Crippen LogP contribution in [0.3, 0.4) is 0 Å². The van der Waals surface area contributed by atoms with Gasteiger partial charge in [-0.15, -0.1) is 0 Å². The second-order valence-corrected chi connectivity index (χ2v) is 7.72. The molecule has 1 saturated heterocycles. The smallest absolute Gasteiger partial charge is 0.254 e. The number of carbonyl (C=O) groups is 2. The third kappa shape index (κ3) is 4.36.